The van der Waals surface area contributed by atoms with Crippen molar-refractivity contribution in [3.8, 4) is 0 Å². The molecule has 1 aromatic rings. The number of rotatable bonds is 8. The quantitative estimate of drug-likeness (QED) is 0.300. The number of hydrogen-bond donors (Lipinski definition) is 2. The van der Waals surface area contributed by atoms with Gasteiger partial charge in [-0.2, -0.15) is 5.01 Å². The molecule has 0 aliphatic heterocycles. The third-order valence-electron chi connectivity index (χ3n) is 2.38. The molecule has 0 aliphatic carbocycles. The third-order valence-corrected chi connectivity index (χ3v) is 2.55. The Morgan fingerprint density at radius 2 is 2.43 bits per heavy atom. The molecule has 1 unspecified atom stereocenters. The highest BCUT2D eigenvalue weighted by Crippen LogP contribution is 2.08. The zero-order valence-electron chi connectivity index (χ0n) is 10.8. The Kier molecular flexibility index (Phi) is 6.49. The van der Waals surface area contributed by atoms with E-state index < -0.39 is 23.0 Å². The van der Waals surface area contributed by atoms with Crippen molar-refractivity contribution < 1.29 is 14.8 Å². The summed E-state index contributed by atoms with van der Waals surface area (Å²) in [5.41, 5.74) is 0. The third kappa shape index (κ3) is 4.96. The largest absolute Gasteiger partial charge is 0.434 e. The van der Waals surface area contributed by atoms with Crippen LogP contribution in [0.25, 0.3) is 0 Å². The molecule has 21 heavy (non-hydrogen) atoms. The fourth-order valence-corrected chi connectivity index (χ4v) is 1.62. The van der Waals surface area contributed by atoms with Gasteiger partial charge in [0.25, 0.3) is 0 Å². The minimum absolute atomic E-state index is 0.0307. The highest BCUT2D eigenvalue weighted by Gasteiger charge is 2.19. The minimum Gasteiger partial charge on any atom is -0.390 e. The molecular weight excluding hydrogens is 308 g/mol. The number of halogens is 1. The molecular formula is C9H13ClN6O5. The zero-order chi connectivity index (χ0) is 15.8. The number of urea groups is 1. The van der Waals surface area contributed by atoms with Gasteiger partial charge in [-0.3, -0.25) is 0 Å². The van der Waals surface area contributed by atoms with E-state index in [1.54, 1.807) is 0 Å². The molecule has 0 aliphatic rings. The van der Waals surface area contributed by atoms with Gasteiger partial charge in [-0.25, -0.2) is 9.36 Å². The lowest BCUT2D eigenvalue weighted by molar-refractivity contribution is -0.397. The standard InChI is InChI=1S/C9H13ClN6O5/c10-1-3-15(13-19)9(18)12-5-7(17)6-14-4-2-11-8(14)16(20)21/h2,4,7,17H,1,3,5-6H2,(H,12,18). The van der Waals surface area contributed by atoms with Crippen LogP contribution in [-0.4, -0.2) is 55.7 Å². The Morgan fingerprint density at radius 1 is 1.71 bits per heavy atom. The second-order valence-electron chi connectivity index (χ2n) is 3.87. The van der Waals surface area contributed by atoms with Crippen molar-refractivity contribution >= 4 is 23.6 Å². The maximum absolute atomic E-state index is 11.5. The van der Waals surface area contributed by atoms with Crippen molar-refractivity contribution in [2.24, 2.45) is 5.29 Å². The van der Waals surface area contributed by atoms with E-state index in [0.29, 0.717) is 5.01 Å². The Bertz CT molecular complexity index is 509. The summed E-state index contributed by atoms with van der Waals surface area (Å²) in [4.78, 5) is 35.3. The van der Waals surface area contributed by atoms with E-state index in [1.807, 2.05) is 0 Å². The van der Waals surface area contributed by atoms with E-state index in [2.05, 4.69) is 15.6 Å². The van der Waals surface area contributed by atoms with Crippen LogP contribution in [0.4, 0.5) is 10.7 Å². The number of nitrogens with zero attached hydrogens (tertiary/aromatic N) is 5. The van der Waals surface area contributed by atoms with Gasteiger partial charge in [0, 0.05) is 12.4 Å². The number of aliphatic hydroxyl groups is 1. The van der Waals surface area contributed by atoms with Crippen molar-refractivity contribution in [2.75, 3.05) is 19.0 Å². The van der Waals surface area contributed by atoms with E-state index in [1.165, 1.54) is 12.4 Å². The maximum Gasteiger partial charge on any atom is 0.434 e. The van der Waals surface area contributed by atoms with Gasteiger partial charge in [0.15, 0.2) is 0 Å². The Balaban J connectivity index is 2.48. The molecule has 2 amide bonds. The number of imidazole rings is 1. The molecule has 1 heterocycles. The van der Waals surface area contributed by atoms with Gasteiger partial charge in [-0.1, -0.05) is 4.98 Å². The van der Waals surface area contributed by atoms with Crippen LogP contribution in [0.3, 0.4) is 0 Å². The molecule has 1 aromatic heterocycles. The van der Waals surface area contributed by atoms with E-state index >= 15 is 0 Å². The number of hydrogen-bond acceptors (Lipinski definition) is 7. The lowest BCUT2D eigenvalue weighted by atomic mass is 10.3. The van der Waals surface area contributed by atoms with Crippen LogP contribution in [-0.2, 0) is 6.54 Å². The number of alkyl halides is 1. The summed E-state index contributed by atoms with van der Waals surface area (Å²) >= 11 is 5.38. The van der Waals surface area contributed by atoms with Crippen LogP contribution in [0.2, 0.25) is 0 Å². The van der Waals surface area contributed by atoms with Gasteiger partial charge in [0.2, 0.25) is 0 Å². The first kappa shape index (κ1) is 16.8. The van der Waals surface area contributed by atoms with Crippen molar-refractivity contribution in [3.63, 3.8) is 0 Å². The molecule has 0 aromatic carbocycles. The number of carbonyl (C=O) groups is 1. The van der Waals surface area contributed by atoms with Gasteiger partial charge in [0.05, 0.1) is 18.4 Å². The fourth-order valence-electron chi connectivity index (χ4n) is 1.46. The molecule has 1 rings (SSSR count). The normalized spacial score (nSPS) is 11.7. The molecule has 12 heteroatoms. The summed E-state index contributed by atoms with van der Waals surface area (Å²) in [5, 5.41) is 25.7. The summed E-state index contributed by atoms with van der Waals surface area (Å²) in [6.45, 7) is -0.428. The van der Waals surface area contributed by atoms with Crippen LogP contribution < -0.4 is 5.32 Å². The number of amides is 2. The summed E-state index contributed by atoms with van der Waals surface area (Å²) in [6, 6.07) is -0.815. The van der Waals surface area contributed by atoms with Crippen LogP contribution in [0.1, 0.15) is 0 Å². The topological polar surface area (TPSA) is 143 Å². The Hall–Kier alpha value is -2.27. The first-order valence-corrected chi connectivity index (χ1v) is 6.31. The van der Waals surface area contributed by atoms with Gasteiger partial charge >= 0.3 is 12.0 Å². The molecule has 0 fully saturated rings. The molecule has 11 nitrogen and oxygen atoms in total. The van der Waals surface area contributed by atoms with Gasteiger partial charge in [-0.15, -0.1) is 16.5 Å². The molecule has 1 atom stereocenters. The first-order chi connectivity index (χ1) is 9.99. The van der Waals surface area contributed by atoms with Crippen LogP contribution in [0.15, 0.2) is 17.7 Å². The molecule has 0 bridgehead atoms. The number of nitrogens with one attached hydrogen (secondary N) is 1. The summed E-state index contributed by atoms with van der Waals surface area (Å²) in [7, 11) is 0. The van der Waals surface area contributed by atoms with Crippen molar-refractivity contribution in [2.45, 2.75) is 12.6 Å². The molecule has 0 saturated carbocycles. The second kappa shape index (κ2) is 8.11. The van der Waals surface area contributed by atoms with Crippen LogP contribution in [0.5, 0.6) is 0 Å². The number of nitro groups is 1. The lowest BCUT2D eigenvalue weighted by Gasteiger charge is -2.15. The number of aromatic nitrogens is 2. The average Bonchev–Trinajstić information content (AvgIpc) is 2.90. The van der Waals surface area contributed by atoms with Gasteiger partial charge in [0.1, 0.15) is 18.5 Å². The molecule has 2 N–H and O–H groups in total. The van der Waals surface area contributed by atoms with E-state index in [0.717, 1.165) is 4.57 Å². The van der Waals surface area contributed by atoms with E-state index in [4.69, 9.17) is 11.6 Å². The summed E-state index contributed by atoms with van der Waals surface area (Å²) in [6.07, 6.45) is 1.45. The number of aliphatic hydroxyl groups excluding tert-OH is 1. The van der Waals surface area contributed by atoms with Crippen molar-refractivity contribution in [3.05, 3.63) is 27.4 Å². The summed E-state index contributed by atoms with van der Waals surface area (Å²) in [5.74, 6) is -0.387. The molecule has 0 saturated heterocycles. The van der Waals surface area contributed by atoms with Crippen molar-refractivity contribution in [1.82, 2.24) is 19.9 Å². The predicted octanol–water partition coefficient (Wildman–Crippen LogP) is 0.0840. The molecule has 0 radical (unpaired) electrons. The highest BCUT2D eigenvalue weighted by atomic mass is 35.5. The van der Waals surface area contributed by atoms with Crippen molar-refractivity contribution in [1.29, 1.82) is 0 Å². The highest BCUT2D eigenvalue weighted by molar-refractivity contribution is 6.18. The Labute approximate surface area is 123 Å². The molecule has 116 valence electrons. The molecule has 0 spiro atoms. The summed E-state index contributed by atoms with van der Waals surface area (Å²) < 4.78 is 1.13. The van der Waals surface area contributed by atoms with Crippen LogP contribution in [0, 0.1) is 15.0 Å². The second-order valence-corrected chi connectivity index (χ2v) is 4.25. The number of carbonyl (C=O) groups excluding carboxylic acids is 1. The first-order valence-electron chi connectivity index (χ1n) is 5.77. The monoisotopic (exact) mass is 320 g/mol. The smallest absolute Gasteiger partial charge is 0.390 e. The average molecular weight is 321 g/mol. The Morgan fingerprint density at radius 3 is 3.00 bits per heavy atom. The minimum atomic E-state index is -1.11. The maximum atomic E-state index is 11.5. The van der Waals surface area contributed by atoms with Gasteiger partial charge in [-0.05, 0) is 4.92 Å². The van der Waals surface area contributed by atoms with Gasteiger partial charge < -0.3 is 20.5 Å². The van der Waals surface area contributed by atoms with Crippen LogP contribution >= 0.6 is 11.6 Å². The van der Waals surface area contributed by atoms with E-state index in [9.17, 15) is 24.9 Å². The lowest BCUT2D eigenvalue weighted by Crippen LogP contribution is -2.41. The predicted molar refractivity (Wildman–Crippen MR) is 71.5 cm³/mol. The number of nitroso groups, excluding NO2 is 1. The fraction of sp³-hybridized carbons (Fsp3) is 0.556. The van der Waals surface area contributed by atoms with E-state index in [-0.39, 0.29) is 25.5 Å². The zero-order valence-corrected chi connectivity index (χ0v) is 11.5. The SMILES string of the molecule is O=NN(CCCl)C(=O)NCC(O)Cn1ccnc1[N+](=O)[O-].